The molecule has 126 valence electrons. The molecule has 0 radical (unpaired) electrons. The zero-order valence-corrected chi connectivity index (χ0v) is 15.6. The normalized spacial score (nSPS) is 11.6. The summed E-state index contributed by atoms with van der Waals surface area (Å²) in [6, 6.07) is 4.63. The monoisotopic (exact) mass is 394 g/mol. The molecule has 0 saturated carbocycles. The molecule has 23 heavy (non-hydrogen) atoms. The molecule has 0 atom stereocenters. The van der Waals surface area contributed by atoms with Crippen LogP contribution in [-0.4, -0.2) is 23.0 Å². The van der Waals surface area contributed by atoms with Gasteiger partial charge in [-0.2, -0.15) is 0 Å². The maximum absolute atomic E-state index is 11.7. The van der Waals surface area contributed by atoms with E-state index in [1.807, 2.05) is 0 Å². The molecule has 0 aliphatic rings. The molecular formula is C15H17Cl3O4Si. The summed E-state index contributed by atoms with van der Waals surface area (Å²) < 4.78 is 5.19. The smallest absolute Gasteiger partial charge is 0.341 e. The molecule has 0 heterocycles. The second-order valence-electron chi connectivity index (χ2n) is 4.89. The number of hydrogen-bond acceptors (Lipinski definition) is 3. The number of halogens is 3. The minimum absolute atomic E-state index is 0.308. The van der Waals surface area contributed by atoms with Gasteiger partial charge in [0.1, 0.15) is 5.75 Å². The van der Waals surface area contributed by atoms with E-state index >= 15 is 0 Å². The van der Waals surface area contributed by atoms with Crippen LogP contribution in [0.15, 0.2) is 30.3 Å². The lowest BCUT2D eigenvalue weighted by Crippen LogP contribution is -2.09. The van der Waals surface area contributed by atoms with Gasteiger partial charge in [0.05, 0.1) is 0 Å². The summed E-state index contributed by atoms with van der Waals surface area (Å²) in [4.78, 5) is 22.1. The molecule has 0 aromatic heterocycles. The van der Waals surface area contributed by atoms with Gasteiger partial charge in [0.15, 0.2) is 0 Å². The van der Waals surface area contributed by atoms with Crippen molar-refractivity contribution in [2.24, 2.45) is 0 Å². The van der Waals surface area contributed by atoms with Gasteiger partial charge in [0, 0.05) is 12.5 Å². The van der Waals surface area contributed by atoms with Gasteiger partial charge in [-0.3, -0.25) is 4.79 Å². The van der Waals surface area contributed by atoms with Crippen LogP contribution in [0.5, 0.6) is 5.75 Å². The first-order valence-electron chi connectivity index (χ1n) is 7.05. The molecule has 0 bridgehead atoms. The van der Waals surface area contributed by atoms with Crippen LogP contribution in [0.25, 0.3) is 6.08 Å². The SMILES string of the molecule is O=C(O)/C=C/c1ccc(OC(=O)CCCCC[Si](Cl)(Cl)Cl)cc1. The van der Waals surface area contributed by atoms with E-state index in [2.05, 4.69) is 0 Å². The van der Waals surface area contributed by atoms with Gasteiger partial charge in [-0.25, -0.2) is 4.79 Å². The lowest BCUT2D eigenvalue weighted by Gasteiger charge is -2.07. The number of unbranched alkanes of at least 4 members (excludes halogenated alkanes) is 2. The molecule has 0 spiro atoms. The second-order valence-corrected chi connectivity index (χ2v) is 14.2. The van der Waals surface area contributed by atoms with Crippen LogP contribution in [0.3, 0.4) is 0 Å². The van der Waals surface area contributed by atoms with Crippen LogP contribution >= 0.6 is 33.2 Å². The maximum Gasteiger partial charge on any atom is 0.341 e. The summed E-state index contributed by atoms with van der Waals surface area (Å²) in [7, 11) is 0. The Morgan fingerprint density at radius 1 is 1.09 bits per heavy atom. The number of carboxylic acid groups (broad SMARTS) is 1. The lowest BCUT2D eigenvalue weighted by atomic mass is 10.2. The van der Waals surface area contributed by atoms with Crippen molar-refractivity contribution in [2.45, 2.75) is 31.7 Å². The number of carbonyl (C=O) groups excluding carboxylic acids is 1. The van der Waals surface area contributed by atoms with Crippen molar-refractivity contribution in [2.75, 3.05) is 0 Å². The number of benzene rings is 1. The van der Waals surface area contributed by atoms with Crippen molar-refractivity contribution < 1.29 is 19.4 Å². The van der Waals surface area contributed by atoms with Crippen molar-refractivity contribution in [3.8, 4) is 5.75 Å². The zero-order chi connectivity index (χ0) is 17.3. The highest BCUT2D eigenvalue weighted by Gasteiger charge is 2.23. The van der Waals surface area contributed by atoms with Crippen molar-refractivity contribution in [3.05, 3.63) is 35.9 Å². The van der Waals surface area contributed by atoms with E-state index in [1.54, 1.807) is 24.3 Å². The van der Waals surface area contributed by atoms with Crippen LogP contribution in [0, 0.1) is 0 Å². The fraction of sp³-hybridized carbons (Fsp3) is 0.333. The summed E-state index contributed by atoms with van der Waals surface area (Å²) in [5.74, 6) is -0.904. The number of esters is 1. The van der Waals surface area contributed by atoms with Crippen molar-refractivity contribution in [1.29, 1.82) is 0 Å². The van der Waals surface area contributed by atoms with E-state index in [9.17, 15) is 9.59 Å². The van der Waals surface area contributed by atoms with Crippen molar-refractivity contribution in [3.63, 3.8) is 0 Å². The first-order valence-corrected chi connectivity index (χ1v) is 12.3. The summed E-state index contributed by atoms with van der Waals surface area (Å²) in [5.41, 5.74) is 0.711. The number of hydrogen-bond donors (Lipinski definition) is 1. The first-order chi connectivity index (χ1) is 10.8. The number of ether oxygens (including phenoxy) is 1. The van der Waals surface area contributed by atoms with E-state index < -0.39 is 12.0 Å². The third kappa shape index (κ3) is 10.4. The lowest BCUT2D eigenvalue weighted by molar-refractivity contribution is -0.134. The van der Waals surface area contributed by atoms with Gasteiger partial charge in [0.25, 0.3) is 0 Å². The van der Waals surface area contributed by atoms with Gasteiger partial charge in [0.2, 0.25) is 0 Å². The van der Waals surface area contributed by atoms with E-state index in [1.165, 1.54) is 6.08 Å². The third-order valence-electron chi connectivity index (χ3n) is 2.87. The average molecular weight is 396 g/mol. The van der Waals surface area contributed by atoms with Gasteiger partial charge >= 0.3 is 17.9 Å². The molecule has 1 N–H and O–H groups in total. The molecule has 0 aliphatic heterocycles. The highest BCUT2D eigenvalue weighted by atomic mass is 35.8. The van der Waals surface area contributed by atoms with Gasteiger partial charge < -0.3 is 9.84 Å². The van der Waals surface area contributed by atoms with Crippen LogP contribution in [0.4, 0.5) is 0 Å². The zero-order valence-electron chi connectivity index (χ0n) is 12.3. The van der Waals surface area contributed by atoms with Crippen molar-refractivity contribution >= 4 is 57.3 Å². The Labute approximate surface area is 150 Å². The van der Waals surface area contributed by atoms with Gasteiger partial charge in [-0.15, -0.1) is 33.2 Å². The van der Waals surface area contributed by atoms with Gasteiger partial charge in [-0.05, 0) is 36.2 Å². The van der Waals surface area contributed by atoms with E-state index in [0.29, 0.717) is 30.2 Å². The number of rotatable bonds is 9. The number of carboxylic acids is 1. The minimum Gasteiger partial charge on any atom is -0.478 e. The molecule has 1 aromatic carbocycles. The molecule has 1 aromatic rings. The fourth-order valence-corrected chi connectivity index (χ4v) is 3.62. The van der Waals surface area contributed by atoms with E-state index in [0.717, 1.165) is 18.9 Å². The first kappa shape index (κ1) is 20.0. The quantitative estimate of drug-likeness (QED) is 0.161. The van der Waals surface area contributed by atoms with Gasteiger partial charge in [-0.1, -0.05) is 25.0 Å². The van der Waals surface area contributed by atoms with Crippen LogP contribution < -0.4 is 4.74 Å². The summed E-state index contributed by atoms with van der Waals surface area (Å²) in [6.07, 6.45) is 5.11. The molecule has 0 aliphatic carbocycles. The highest BCUT2D eigenvalue weighted by molar-refractivity contribution is 7.64. The highest BCUT2D eigenvalue weighted by Crippen LogP contribution is 2.27. The predicted octanol–water partition coefficient (Wildman–Crippen LogP) is 4.91. The standard InChI is InChI=1S/C15H17Cl3O4Si/c16-23(17,18)11-3-1-2-4-15(21)22-13-8-5-12(6-9-13)7-10-14(19)20/h5-10H,1-4,11H2,(H,19,20)/b10-7+. The molecule has 0 saturated heterocycles. The Morgan fingerprint density at radius 2 is 1.74 bits per heavy atom. The molecular weight excluding hydrogens is 379 g/mol. The van der Waals surface area contributed by atoms with Crippen molar-refractivity contribution in [1.82, 2.24) is 0 Å². The van der Waals surface area contributed by atoms with Crippen LogP contribution in [-0.2, 0) is 9.59 Å². The van der Waals surface area contributed by atoms with E-state index in [-0.39, 0.29) is 5.97 Å². The summed E-state index contributed by atoms with van der Waals surface area (Å²) in [6.45, 7) is 0. The molecule has 8 heteroatoms. The molecule has 1 rings (SSSR count). The minimum atomic E-state index is -2.56. The molecule has 0 fully saturated rings. The Bertz CT molecular complexity index is 553. The predicted molar refractivity (Wildman–Crippen MR) is 95.3 cm³/mol. The summed E-state index contributed by atoms with van der Waals surface area (Å²) in [5, 5.41) is 8.54. The fourth-order valence-electron chi connectivity index (χ4n) is 1.77. The molecule has 4 nitrogen and oxygen atoms in total. The average Bonchev–Trinajstić information content (AvgIpc) is 2.45. The number of carbonyl (C=O) groups is 2. The number of aliphatic carboxylic acids is 1. The Kier molecular flexibility index (Phi) is 8.69. The Morgan fingerprint density at radius 3 is 2.30 bits per heavy atom. The maximum atomic E-state index is 11.7. The van der Waals surface area contributed by atoms with Crippen LogP contribution in [0.1, 0.15) is 31.2 Å². The second kappa shape index (κ2) is 9.98. The Hall–Kier alpha value is -1.01. The third-order valence-corrected chi connectivity index (χ3v) is 5.49. The summed E-state index contributed by atoms with van der Waals surface area (Å²) >= 11 is 17.3. The molecule has 0 unspecified atom stereocenters. The largest absolute Gasteiger partial charge is 0.478 e. The Balaban J connectivity index is 2.30. The molecule has 0 amide bonds. The van der Waals surface area contributed by atoms with E-state index in [4.69, 9.17) is 43.1 Å². The topological polar surface area (TPSA) is 63.6 Å². The van der Waals surface area contributed by atoms with Crippen LogP contribution in [0.2, 0.25) is 6.04 Å².